The Balaban J connectivity index is 2.17. The van der Waals surface area contributed by atoms with E-state index in [2.05, 4.69) is 46.4 Å². The van der Waals surface area contributed by atoms with Crippen molar-refractivity contribution in [1.29, 1.82) is 0 Å². The van der Waals surface area contributed by atoms with Crippen LogP contribution in [0.4, 0.5) is 0 Å². The second kappa shape index (κ2) is 10.3. The molecule has 6 nitrogen and oxygen atoms in total. The molecule has 0 unspecified atom stereocenters. The molecule has 2 aromatic rings. The lowest BCUT2D eigenvalue weighted by atomic mass is 10.2. The van der Waals surface area contributed by atoms with Gasteiger partial charge in [-0.05, 0) is 48.1 Å². The van der Waals surface area contributed by atoms with Gasteiger partial charge in [0.1, 0.15) is 9.39 Å². The lowest BCUT2D eigenvalue weighted by Crippen LogP contribution is -2.31. The Morgan fingerprint density at radius 2 is 1.93 bits per heavy atom. The Hall–Kier alpha value is -1.26. The standard InChI is InChI=1S/C19H27IN4O2S/c1-4-6-7-8-14-24-19(20)18(21-22-24)15-23(13-5-2)27(25,26)17-11-9-16(3)10-12-17/h5,9-12H,2,4,6-8,13-15H2,1,3H3. The van der Waals surface area contributed by atoms with Crippen molar-refractivity contribution in [3.63, 3.8) is 0 Å². The number of halogens is 1. The van der Waals surface area contributed by atoms with Crippen molar-refractivity contribution in [2.24, 2.45) is 0 Å². The van der Waals surface area contributed by atoms with E-state index in [0.29, 0.717) is 5.69 Å². The number of rotatable bonds is 11. The van der Waals surface area contributed by atoms with Crippen LogP contribution in [0.15, 0.2) is 41.8 Å². The summed E-state index contributed by atoms with van der Waals surface area (Å²) in [7, 11) is -3.63. The molecule has 1 heterocycles. The second-order valence-electron chi connectivity index (χ2n) is 6.51. The van der Waals surface area contributed by atoms with Crippen LogP contribution in [-0.4, -0.2) is 34.3 Å². The third kappa shape index (κ3) is 5.86. The van der Waals surface area contributed by atoms with Crippen molar-refractivity contribution in [2.75, 3.05) is 6.54 Å². The zero-order chi connectivity index (χ0) is 19.9. The van der Waals surface area contributed by atoms with Gasteiger partial charge >= 0.3 is 0 Å². The van der Waals surface area contributed by atoms with Gasteiger partial charge in [0.2, 0.25) is 10.0 Å². The molecule has 148 valence electrons. The Labute approximate surface area is 175 Å². The smallest absolute Gasteiger partial charge is 0.239 e. The van der Waals surface area contributed by atoms with Crippen LogP contribution in [-0.2, 0) is 23.1 Å². The molecule has 2 rings (SSSR count). The van der Waals surface area contributed by atoms with Crippen molar-refractivity contribution in [3.8, 4) is 0 Å². The van der Waals surface area contributed by atoms with Gasteiger partial charge in [0.05, 0.1) is 11.4 Å². The van der Waals surface area contributed by atoms with Crippen molar-refractivity contribution >= 4 is 32.6 Å². The number of benzene rings is 1. The minimum atomic E-state index is -3.63. The number of nitrogens with zero attached hydrogens (tertiary/aromatic N) is 4. The number of aryl methyl sites for hydroxylation is 2. The van der Waals surface area contributed by atoms with Crippen molar-refractivity contribution in [1.82, 2.24) is 19.3 Å². The average molecular weight is 502 g/mol. The molecule has 0 radical (unpaired) electrons. The Bertz CT molecular complexity index is 847. The van der Waals surface area contributed by atoms with Gasteiger partial charge < -0.3 is 0 Å². The van der Waals surface area contributed by atoms with Crippen molar-refractivity contribution in [3.05, 3.63) is 51.9 Å². The molecule has 0 saturated carbocycles. The van der Waals surface area contributed by atoms with Gasteiger partial charge in [-0.2, -0.15) is 4.31 Å². The number of aromatic nitrogens is 3. The van der Waals surface area contributed by atoms with E-state index >= 15 is 0 Å². The largest absolute Gasteiger partial charge is 0.243 e. The molecule has 0 atom stereocenters. The van der Waals surface area contributed by atoms with E-state index in [1.807, 2.05) is 11.6 Å². The Morgan fingerprint density at radius 1 is 1.22 bits per heavy atom. The van der Waals surface area contributed by atoms with Crippen molar-refractivity contribution < 1.29 is 8.42 Å². The van der Waals surface area contributed by atoms with Crippen LogP contribution >= 0.6 is 22.6 Å². The summed E-state index contributed by atoms with van der Waals surface area (Å²) in [6.45, 7) is 9.01. The number of sulfonamides is 1. The highest BCUT2D eigenvalue weighted by molar-refractivity contribution is 14.1. The third-order valence-electron chi connectivity index (χ3n) is 4.28. The number of hydrogen-bond acceptors (Lipinski definition) is 4. The first kappa shape index (κ1) is 22.0. The maximum absolute atomic E-state index is 13.0. The first-order valence-electron chi connectivity index (χ1n) is 9.15. The fraction of sp³-hybridized carbons (Fsp3) is 0.474. The van der Waals surface area contributed by atoms with E-state index < -0.39 is 10.0 Å². The van der Waals surface area contributed by atoms with Gasteiger partial charge in [0, 0.05) is 13.1 Å². The molecular weight excluding hydrogens is 475 g/mol. The van der Waals surface area contributed by atoms with Crippen LogP contribution in [0.2, 0.25) is 0 Å². The van der Waals surface area contributed by atoms with Crippen LogP contribution in [0.5, 0.6) is 0 Å². The van der Waals surface area contributed by atoms with E-state index in [0.717, 1.165) is 28.7 Å². The van der Waals surface area contributed by atoms with Gasteiger partial charge in [-0.1, -0.05) is 55.2 Å². The summed E-state index contributed by atoms with van der Waals surface area (Å²) in [5, 5.41) is 8.43. The summed E-state index contributed by atoms with van der Waals surface area (Å²) in [5.41, 5.74) is 1.69. The lowest BCUT2D eigenvalue weighted by molar-refractivity contribution is 0.433. The van der Waals surface area contributed by atoms with Gasteiger partial charge in [0.25, 0.3) is 0 Å². The predicted octanol–water partition coefficient (Wildman–Crippen LogP) is 4.15. The predicted molar refractivity (Wildman–Crippen MR) is 116 cm³/mol. The molecule has 0 fully saturated rings. The second-order valence-corrected chi connectivity index (χ2v) is 9.47. The molecule has 0 aliphatic rings. The van der Waals surface area contributed by atoms with Crippen molar-refractivity contribution in [2.45, 2.75) is 57.5 Å². The normalized spacial score (nSPS) is 11.9. The van der Waals surface area contributed by atoms with Crippen LogP contribution in [0, 0.1) is 10.6 Å². The van der Waals surface area contributed by atoms with Gasteiger partial charge in [-0.15, -0.1) is 11.7 Å². The lowest BCUT2D eigenvalue weighted by Gasteiger charge is -2.20. The minimum absolute atomic E-state index is 0.176. The fourth-order valence-electron chi connectivity index (χ4n) is 2.68. The van der Waals surface area contributed by atoms with Crippen LogP contribution < -0.4 is 0 Å². The zero-order valence-electron chi connectivity index (χ0n) is 15.9. The molecule has 0 aliphatic carbocycles. The Morgan fingerprint density at radius 3 is 2.56 bits per heavy atom. The number of hydrogen-bond donors (Lipinski definition) is 0. The summed E-state index contributed by atoms with van der Waals surface area (Å²) in [4.78, 5) is 0.275. The highest BCUT2D eigenvalue weighted by atomic mass is 127. The maximum Gasteiger partial charge on any atom is 0.243 e. The number of unbranched alkanes of at least 4 members (excludes halogenated alkanes) is 3. The molecule has 1 aromatic carbocycles. The fourth-order valence-corrected chi connectivity index (χ4v) is 4.67. The van der Waals surface area contributed by atoms with Crippen LogP contribution in [0.3, 0.4) is 0 Å². The molecule has 1 aromatic heterocycles. The van der Waals surface area contributed by atoms with E-state index in [1.165, 1.54) is 17.1 Å². The summed E-state index contributed by atoms with van der Waals surface area (Å²) < 4.78 is 30.2. The summed E-state index contributed by atoms with van der Waals surface area (Å²) in [5.74, 6) is 0. The first-order chi connectivity index (χ1) is 12.9. The van der Waals surface area contributed by atoms with E-state index in [-0.39, 0.29) is 18.0 Å². The third-order valence-corrected chi connectivity index (χ3v) is 7.28. The average Bonchev–Trinajstić information content (AvgIpc) is 2.99. The topological polar surface area (TPSA) is 68.1 Å². The van der Waals surface area contributed by atoms with Crippen LogP contribution in [0.25, 0.3) is 0 Å². The van der Waals surface area contributed by atoms with Crippen LogP contribution in [0.1, 0.15) is 43.9 Å². The quantitative estimate of drug-likeness (QED) is 0.263. The summed E-state index contributed by atoms with van der Waals surface area (Å²) in [6, 6.07) is 6.87. The van der Waals surface area contributed by atoms with Gasteiger partial charge in [-0.25, -0.2) is 13.1 Å². The molecule has 27 heavy (non-hydrogen) atoms. The molecule has 0 amide bonds. The molecule has 0 N–H and O–H groups in total. The molecule has 8 heteroatoms. The van der Waals surface area contributed by atoms with E-state index in [9.17, 15) is 8.42 Å². The molecule has 0 spiro atoms. The highest BCUT2D eigenvalue weighted by Crippen LogP contribution is 2.20. The first-order valence-corrected chi connectivity index (χ1v) is 11.7. The molecule has 0 aliphatic heterocycles. The van der Waals surface area contributed by atoms with E-state index in [1.54, 1.807) is 30.3 Å². The summed E-state index contributed by atoms with van der Waals surface area (Å²) >= 11 is 2.20. The van der Waals surface area contributed by atoms with Gasteiger partial charge in [0.15, 0.2) is 0 Å². The van der Waals surface area contributed by atoms with E-state index in [4.69, 9.17) is 0 Å². The highest BCUT2D eigenvalue weighted by Gasteiger charge is 2.26. The minimum Gasteiger partial charge on any atom is -0.239 e. The SMILES string of the molecule is C=CCN(Cc1nnn(CCCCCC)c1I)S(=O)(=O)c1ccc(C)cc1. The molecular formula is C19H27IN4O2S. The monoisotopic (exact) mass is 502 g/mol. The van der Waals surface area contributed by atoms with Gasteiger partial charge in [-0.3, -0.25) is 0 Å². The summed E-state index contributed by atoms with van der Waals surface area (Å²) in [6.07, 6.45) is 6.19. The Kier molecular flexibility index (Phi) is 8.43. The molecule has 0 saturated heterocycles. The molecule has 0 bridgehead atoms. The zero-order valence-corrected chi connectivity index (χ0v) is 18.9. The maximum atomic E-state index is 13.0.